The van der Waals surface area contributed by atoms with Gasteiger partial charge in [0.2, 0.25) is 11.8 Å². The van der Waals surface area contributed by atoms with Gasteiger partial charge in [-0.1, -0.05) is 60.7 Å². The van der Waals surface area contributed by atoms with Crippen LogP contribution in [-0.4, -0.2) is 53.0 Å². The third-order valence-electron chi connectivity index (χ3n) is 8.11. The van der Waals surface area contributed by atoms with Crippen molar-refractivity contribution in [2.24, 2.45) is 5.92 Å². The van der Waals surface area contributed by atoms with Crippen molar-refractivity contribution in [3.63, 3.8) is 0 Å². The van der Waals surface area contributed by atoms with Crippen molar-refractivity contribution in [2.45, 2.75) is 51.1 Å². The number of ether oxygens (including phenoxy) is 1. The van der Waals surface area contributed by atoms with Gasteiger partial charge >= 0.3 is 18.4 Å². The third kappa shape index (κ3) is 7.14. The Labute approximate surface area is 255 Å². The third-order valence-corrected chi connectivity index (χ3v) is 8.11. The number of benzene rings is 3. The number of alkyl carbamates (subject to hydrolysis) is 2. The van der Waals surface area contributed by atoms with Gasteiger partial charge in [-0.3, -0.25) is 14.5 Å². The second kappa shape index (κ2) is 12.5. The first-order chi connectivity index (χ1) is 21.2. The second-order valence-electron chi connectivity index (χ2n) is 11.2. The number of hydrogen-bond acceptors (Lipinski definition) is 4. The number of amides is 3. The number of rotatable bonds is 6. The molecule has 0 saturated carbocycles. The highest BCUT2D eigenvalue weighted by Crippen LogP contribution is 2.36. The minimum Gasteiger partial charge on any atom is -0.415 e. The lowest BCUT2D eigenvalue weighted by molar-refractivity contribution is -0.872. The molecule has 0 radical (unpaired) electrons. The molecule has 0 aromatic heterocycles. The summed E-state index contributed by atoms with van der Waals surface area (Å²) in [7, 11) is 0. The number of nitrogens with zero attached hydrogens (tertiary/aromatic N) is 2. The predicted octanol–water partition coefficient (Wildman–Crippen LogP) is 4.70. The Morgan fingerprint density at radius 1 is 0.822 bits per heavy atom. The van der Waals surface area contributed by atoms with E-state index in [0.717, 1.165) is 11.1 Å². The first kappa shape index (κ1) is 32.0. The van der Waals surface area contributed by atoms with Crippen molar-refractivity contribution in [3.8, 4) is 0 Å². The molecule has 3 aromatic rings. The zero-order valence-corrected chi connectivity index (χ0v) is 24.1. The lowest BCUT2D eigenvalue weighted by Gasteiger charge is -2.49. The van der Waals surface area contributed by atoms with Crippen LogP contribution in [0, 0.1) is 5.92 Å². The average Bonchev–Trinajstić information content (AvgIpc) is 2.99. The summed E-state index contributed by atoms with van der Waals surface area (Å²) in [6.45, 7) is 0.835. The van der Waals surface area contributed by atoms with Crippen LogP contribution in [0.2, 0.25) is 0 Å². The van der Waals surface area contributed by atoms with Crippen molar-refractivity contribution >= 4 is 17.9 Å². The molecule has 2 aliphatic heterocycles. The minimum absolute atomic E-state index is 0.000619. The highest BCUT2D eigenvalue weighted by Gasteiger charge is 2.54. The molecule has 1 unspecified atom stereocenters. The number of halogens is 6. The summed E-state index contributed by atoms with van der Waals surface area (Å²) in [5.41, 5.74) is -1.90. The summed E-state index contributed by atoms with van der Waals surface area (Å²) in [6.07, 6.45) is -11.7. The molecule has 2 aliphatic rings. The summed E-state index contributed by atoms with van der Waals surface area (Å²) in [4.78, 5) is 43.8. The van der Waals surface area contributed by atoms with Gasteiger partial charge in [0.15, 0.2) is 6.17 Å². The van der Waals surface area contributed by atoms with E-state index in [-0.39, 0.29) is 48.8 Å². The van der Waals surface area contributed by atoms with Gasteiger partial charge in [0.25, 0.3) is 0 Å². The van der Waals surface area contributed by atoms with E-state index in [0.29, 0.717) is 12.1 Å². The normalized spacial score (nSPS) is 22.3. The van der Waals surface area contributed by atoms with E-state index < -0.39 is 59.9 Å². The lowest BCUT2D eigenvalue weighted by Crippen LogP contribution is -3.23. The number of nitrogens with one attached hydrogen (secondary N) is 1. The summed E-state index contributed by atoms with van der Waals surface area (Å²) in [5.74, 6) is -1.39. The minimum atomic E-state index is -5.06. The first-order valence-electron chi connectivity index (χ1n) is 14.2. The Hall–Kier alpha value is -4.39. The second-order valence-corrected chi connectivity index (χ2v) is 11.2. The summed E-state index contributed by atoms with van der Waals surface area (Å²) in [6, 6.07) is 18.2. The lowest BCUT2D eigenvalue weighted by atomic mass is 9.92. The average molecular weight is 635 g/mol. The van der Waals surface area contributed by atoms with E-state index >= 15 is 0 Å². The molecule has 5 rings (SSSR count). The number of hydrogen-bond donors (Lipinski definition) is 1. The summed E-state index contributed by atoms with van der Waals surface area (Å²) >= 11 is 0. The standard InChI is InChI=1S/C32H29F6N3O4/c1-20-28(42)39(16-22-10-6-3-7-11-22)18-27-40(17-24(29(43)41(20)27)12-21-8-4-2-5-9-21)30(44)45-19-23-13-25(31(33,34)35)15-26(14-23)32(36,37)38/h2-11,13-15,20,24,27H,12,16-19H2,1H3/p+1/t20-,24-,27+/m0/s1. The van der Waals surface area contributed by atoms with Crippen molar-refractivity contribution in [1.29, 1.82) is 0 Å². The predicted molar refractivity (Wildman–Crippen MR) is 148 cm³/mol. The van der Waals surface area contributed by atoms with Crippen molar-refractivity contribution < 1.29 is 50.4 Å². The zero-order chi connectivity index (χ0) is 32.5. The molecular formula is C32H30F6N3O4+. The smallest absolute Gasteiger partial charge is 0.415 e. The van der Waals surface area contributed by atoms with Crippen LogP contribution in [0.1, 0.15) is 34.7 Å². The number of carbonyl (C=O) groups excluding carboxylic acids is 3. The Balaban J connectivity index is 1.43. The molecule has 0 aliphatic carbocycles. The molecule has 2 fully saturated rings. The van der Waals surface area contributed by atoms with Gasteiger partial charge in [0, 0.05) is 6.54 Å². The Morgan fingerprint density at radius 2 is 1.38 bits per heavy atom. The molecule has 13 heteroatoms. The number of fused-ring (bicyclic) bond motifs is 1. The van der Waals surface area contributed by atoms with Crippen LogP contribution in [0.15, 0.2) is 78.9 Å². The SMILES string of the molecule is C[C@H]1C(=O)N(Cc2ccccc2)C[C@H]2N1C(=O)[C@@H](Cc1ccccc1)C[NH+]2C(=O)OCc1cc(C(F)(F)F)cc(C(F)(F)F)c1. The van der Waals surface area contributed by atoms with E-state index in [1.165, 1.54) is 9.80 Å². The van der Waals surface area contributed by atoms with Gasteiger partial charge in [-0.05, 0) is 48.2 Å². The maximum absolute atomic E-state index is 13.8. The molecule has 3 amide bonds. The van der Waals surface area contributed by atoms with Crippen LogP contribution in [0.25, 0.3) is 0 Å². The van der Waals surface area contributed by atoms with Crippen molar-refractivity contribution in [2.75, 3.05) is 13.1 Å². The summed E-state index contributed by atoms with van der Waals surface area (Å²) < 4.78 is 85.6. The molecular weight excluding hydrogens is 604 g/mol. The zero-order valence-electron chi connectivity index (χ0n) is 24.1. The molecule has 0 bridgehead atoms. The molecule has 2 saturated heterocycles. The Kier molecular flexibility index (Phi) is 8.92. The molecule has 238 valence electrons. The van der Waals surface area contributed by atoms with E-state index in [9.17, 15) is 40.7 Å². The van der Waals surface area contributed by atoms with Crippen LogP contribution in [-0.2, 0) is 46.3 Å². The van der Waals surface area contributed by atoms with E-state index in [2.05, 4.69) is 0 Å². The maximum Gasteiger partial charge on any atom is 0.516 e. The largest absolute Gasteiger partial charge is 0.516 e. The highest BCUT2D eigenvalue weighted by molar-refractivity contribution is 5.90. The van der Waals surface area contributed by atoms with Gasteiger partial charge in [0.1, 0.15) is 19.2 Å². The van der Waals surface area contributed by atoms with E-state index in [4.69, 9.17) is 4.74 Å². The Morgan fingerprint density at radius 3 is 1.93 bits per heavy atom. The van der Waals surface area contributed by atoms with Gasteiger partial charge in [-0.25, -0.2) is 4.90 Å². The fourth-order valence-corrected chi connectivity index (χ4v) is 5.93. The Bertz CT molecular complexity index is 1520. The molecule has 3 aromatic carbocycles. The number of piperazine rings is 1. The maximum atomic E-state index is 13.8. The monoisotopic (exact) mass is 634 g/mol. The fourth-order valence-electron chi connectivity index (χ4n) is 5.93. The van der Waals surface area contributed by atoms with Gasteiger partial charge < -0.3 is 9.64 Å². The van der Waals surface area contributed by atoms with E-state index in [1.807, 2.05) is 48.5 Å². The number of carbonyl (C=O) groups is 3. The number of alkyl halides is 6. The van der Waals surface area contributed by atoms with Crippen LogP contribution in [0.4, 0.5) is 31.1 Å². The number of quaternary nitrogens is 1. The quantitative estimate of drug-likeness (QED) is 0.400. The van der Waals surface area contributed by atoms with Crippen molar-refractivity contribution in [1.82, 2.24) is 9.80 Å². The van der Waals surface area contributed by atoms with Crippen LogP contribution < -0.4 is 4.90 Å². The molecule has 1 N–H and O–H groups in total. The topological polar surface area (TPSA) is 71.4 Å². The molecule has 0 spiro atoms. The molecule has 2 heterocycles. The van der Waals surface area contributed by atoms with Crippen LogP contribution in [0.5, 0.6) is 0 Å². The van der Waals surface area contributed by atoms with E-state index in [1.54, 1.807) is 19.1 Å². The summed E-state index contributed by atoms with van der Waals surface area (Å²) in [5, 5.41) is 0. The van der Waals surface area contributed by atoms with Crippen LogP contribution >= 0.6 is 0 Å². The van der Waals surface area contributed by atoms with Gasteiger partial charge in [0.05, 0.1) is 23.6 Å². The van der Waals surface area contributed by atoms with Crippen LogP contribution in [0.3, 0.4) is 0 Å². The molecule has 4 atom stereocenters. The van der Waals surface area contributed by atoms with Gasteiger partial charge in [-0.15, -0.1) is 0 Å². The molecule has 7 nitrogen and oxygen atoms in total. The highest BCUT2D eigenvalue weighted by atomic mass is 19.4. The van der Waals surface area contributed by atoms with Crippen molar-refractivity contribution in [3.05, 3.63) is 107 Å². The molecule has 45 heavy (non-hydrogen) atoms. The van der Waals surface area contributed by atoms with Gasteiger partial charge in [-0.2, -0.15) is 31.1 Å². The fraction of sp³-hybridized carbons (Fsp3) is 0.344. The first-order valence-corrected chi connectivity index (χ1v) is 14.2.